The summed E-state index contributed by atoms with van der Waals surface area (Å²) in [6.45, 7) is 0.145. The number of para-hydroxylation sites is 1. The van der Waals surface area contributed by atoms with Crippen molar-refractivity contribution in [3.8, 4) is 5.75 Å². The lowest BCUT2D eigenvalue weighted by Gasteiger charge is -2.17. The molecule has 30 heavy (non-hydrogen) atoms. The van der Waals surface area contributed by atoms with Crippen molar-refractivity contribution in [3.63, 3.8) is 0 Å². The number of benzene rings is 2. The molecule has 156 valence electrons. The summed E-state index contributed by atoms with van der Waals surface area (Å²) in [4.78, 5) is 42.0. The molecule has 0 saturated heterocycles. The average Bonchev–Trinajstić information content (AvgIpc) is 2.71. The molecule has 0 saturated carbocycles. The van der Waals surface area contributed by atoms with Gasteiger partial charge in [-0.05, 0) is 36.4 Å². The van der Waals surface area contributed by atoms with Crippen LogP contribution in [0.2, 0.25) is 0 Å². The highest BCUT2D eigenvalue weighted by atomic mass is 16.5. The highest BCUT2D eigenvalue weighted by Gasteiger charge is 2.18. The van der Waals surface area contributed by atoms with Crippen molar-refractivity contribution in [1.29, 1.82) is 0 Å². The van der Waals surface area contributed by atoms with Crippen molar-refractivity contribution < 1.29 is 19.2 Å². The molecule has 3 rings (SSSR count). The first kappa shape index (κ1) is 21.0. The normalized spacial score (nSPS) is 11.8. The minimum atomic E-state index is -0.634. The zero-order valence-corrected chi connectivity index (χ0v) is 16.8. The Morgan fingerprint density at radius 3 is 2.53 bits per heavy atom. The molecule has 0 spiro atoms. The summed E-state index contributed by atoms with van der Waals surface area (Å²) < 4.78 is 6.37. The summed E-state index contributed by atoms with van der Waals surface area (Å²) in [5.41, 5.74) is 6.18. The minimum absolute atomic E-state index is 0.144. The first-order valence-electron chi connectivity index (χ1n) is 9.39. The fourth-order valence-electron chi connectivity index (χ4n) is 3.15. The Balaban J connectivity index is 1.76. The quantitative estimate of drug-likeness (QED) is 0.464. The number of amides is 2. The van der Waals surface area contributed by atoms with E-state index < -0.39 is 5.91 Å². The topological polar surface area (TPSA) is 121 Å². The van der Waals surface area contributed by atoms with E-state index in [1.807, 2.05) is 7.05 Å². The van der Waals surface area contributed by atoms with E-state index in [-0.39, 0.29) is 31.1 Å². The van der Waals surface area contributed by atoms with E-state index in [1.165, 1.54) is 4.57 Å². The lowest BCUT2D eigenvalue weighted by Crippen LogP contribution is -3.09. The number of nitrogens with two attached hydrogens (primary N) is 1. The van der Waals surface area contributed by atoms with Crippen LogP contribution < -0.4 is 26.2 Å². The number of primary amides is 1. The Morgan fingerprint density at radius 2 is 1.87 bits per heavy atom. The molecule has 0 bridgehead atoms. The van der Waals surface area contributed by atoms with E-state index in [2.05, 4.69) is 10.3 Å². The van der Waals surface area contributed by atoms with Gasteiger partial charge >= 0.3 is 0 Å². The molecule has 1 aromatic heterocycles. The average molecular weight is 410 g/mol. The fraction of sp³-hybridized carbons (Fsp3) is 0.238. The third-order valence-corrected chi connectivity index (χ3v) is 4.55. The second-order valence-corrected chi connectivity index (χ2v) is 6.99. The Morgan fingerprint density at radius 1 is 1.17 bits per heavy atom. The van der Waals surface area contributed by atoms with Crippen LogP contribution in [0.5, 0.6) is 5.75 Å². The zero-order valence-electron chi connectivity index (χ0n) is 16.8. The van der Waals surface area contributed by atoms with Crippen LogP contribution >= 0.6 is 0 Å². The molecule has 1 heterocycles. The number of ether oxygens (including phenoxy) is 1. The van der Waals surface area contributed by atoms with Crippen molar-refractivity contribution in [2.24, 2.45) is 5.73 Å². The molecule has 9 heteroatoms. The molecular weight excluding hydrogens is 386 g/mol. The van der Waals surface area contributed by atoms with Crippen LogP contribution in [0.25, 0.3) is 10.9 Å². The number of aromatic nitrogens is 2. The van der Waals surface area contributed by atoms with Crippen LogP contribution in [0, 0.1) is 0 Å². The van der Waals surface area contributed by atoms with Crippen molar-refractivity contribution >= 4 is 28.4 Å². The fourth-order valence-corrected chi connectivity index (χ4v) is 3.15. The SMILES string of the molecule is COc1ccc(NC(=O)C[NH+](C)Cc2nc3ccccc3c(=O)n2CC(N)=O)cc1. The monoisotopic (exact) mass is 410 g/mol. The van der Waals surface area contributed by atoms with Gasteiger partial charge in [-0.25, -0.2) is 4.98 Å². The van der Waals surface area contributed by atoms with Gasteiger partial charge in [0.25, 0.3) is 11.5 Å². The zero-order chi connectivity index (χ0) is 21.7. The molecule has 2 aromatic carbocycles. The van der Waals surface area contributed by atoms with Crippen molar-refractivity contribution in [2.45, 2.75) is 13.1 Å². The summed E-state index contributed by atoms with van der Waals surface area (Å²) >= 11 is 0. The minimum Gasteiger partial charge on any atom is -0.497 e. The van der Waals surface area contributed by atoms with Crippen LogP contribution in [0.3, 0.4) is 0 Å². The molecule has 0 fully saturated rings. The molecule has 3 aromatic rings. The largest absolute Gasteiger partial charge is 0.497 e. The molecule has 0 aliphatic heterocycles. The summed E-state index contributed by atoms with van der Waals surface area (Å²) in [6.07, 6.45) is 0. The van der Waals surface area contributed by atoms with Gasteiger partial charge in [-0.2, -0.15) is 0 Å². The first-order valence-corrected chi connectivity index (χ1v) is 9.39. The molecule has 0 aliphatic rings. The van der Waals surface area contributed by atoms with Crippen molar-refractivity contribution in [2.75, 3.05) is 26.0 Å². The number of carbonyl (C=O) groups excluding carboxylic acids is 2. The van der Waals surface area contributed by atoms with Gasteiger partial charge in [0.05, 0.1) is 25.1 Å². The lowest BCUT2D eigenvalue weighted by molar-refractivity contribution is -0.886. The van der Waals surface area contributed by atoms with Gasteiger partial charge in [0.15, 0.2) is 12.4 Å². The summed E-state index contributed by atoms with van der Waals surface area (Å²) in [5, 5.41) is 3.23. The highest BCUT2D eigenvalue weighted by molar-refractivity contribution is 5.91. The molecule has 0 radical (unpaired) electrons. The van der Waals surface area contributed by atoms with E-state index in [0.717, 1.165) is 4.90 Å². The first-order chi connectivity index (χ1) is 14.4. The second kappa shape index (κ2) is 9.19. The summed E-state index contributed by atoms with van der Waals surface area (Å²) in [7, 11) is 3.38. The van der Waals surface area contributed by atoms with Crippen LogP contribution in [-0.4, -0.2) is 42.1 Å². The number of methoxy groups -OCH3 is 1. The maximum Gasteiger partial charge on any atom is 0.279 e. The van der Waals surface area contributed by atoms with E-state index >= 15 is 0 Å². The van der Waals surface area contributed by atoms with Crippen molar-refractivity contribution in [3.05, 3.63) is 64.7 Å². The number of nitrogens with zero attached hydrogens (tertiary/aromatic N) is 2. The molecule has 0 aliphatic carbocycles. The van der Waals surface area contributed by atoms with Crippen molar-refractivity contribution in [1.82, 2.24) is 9.55 Å². The number of rotatable bonds is 8. The molecule has 4 N–H and O–H groups in total. The lowest BCUT2D eigenvalue weighted by atomic mass is 10.2. The maximum absolute atomic E-state index is 12.8. The predicted molar refractivity (Wildman–Crippen MR) is 112 cm³/mol. The van der Waals surface area contributed by atoms with Crippen LogP contribution in [0.15, 0.2) is 53.3 Å². The number of fused-ring (bicyclic) bond motifs is 1. The summed E-state index contributed by atoms with van der Waals surface area (Å²) in [6, 6.07) is 13.9. The predicted octanol–water partition coefficient (Wildman–Crippen LogP) is -0.456. The standard InChI is InChI=1S/C21H23N5O4/c1-25(13-20(28)23-14-7-9-15(30-2)10-8-14)12-19-24-17-6-4-3-5-16(17)21(29)26(19)11-18(22)27/h3-10H,11-13H2,1-2H3,(H2,22,27)(H,23,28)/p+1. The van der Waals surface area contributed by atoms with Gasteiger partial charge in [0.1, 0.15) is 18.8 Å². The Hall–Kier alpha value is -3.72. The molecule has 1 atom stereocenters. The summed E-state index contributed by atoms with van der Waals surface area (Å²) in [5.74, 6) is 0.269. The third-order valence-electron chi connectivity index (χ3n) is 4.55. The third kappa shape index (κ3) is 5.00. The molecule has 2 amide bonds. The van der Waals surface area contributed by atoms with Crippen LogP contribution in [-0.2, 0) is 22.7 Å². The van der Waals surface area contributed by atoms with Gasteiger partial charge in [-0.3, -0.25) is 19.0 Å². The number of likely N-dealkylation sites (N-methyl/N-ethyl adjacent to an activating group) is 1. The van der Waals surface area contributed by atoms with Crippen LogP contribution in [0.1, 0.15) is 5.82 Å². The van der Waals surface area contributed by atoms with E-state index in [9.17, 15) is 14.4 Å². The smallest absolute Gasteiger partial charge is 0.279 e. The van der Waals surface area contributed by atoms with Gasteiger partial charge in [0, 0.05) is 5.69 Å². The number of nitrogens with one attached hydrogen (secondary N) is 2. The maximum atomic E-state index is 12.8. The van der Waals surface area contributed by atoms with Gasteiger partial charge in [0.2, 0.25) is 5.91 Å². The van der Waals surface area contributed by atoms with E-state index in [4.69, 9.17) is 10.5 Å². The van der Waals surface area contributed by atoms with Gasteiger partial charge in [-0.15, -0.1) is 0 Å². The van der Waals surface area contributed by atoms with E-state index in [1.54, 1.807) is 55.6 Å². The second-order valence-electron chi connectivity index (χ2n) is 6.99. The Bertz CT molecular complexity index is 1120. The molecule has 9 nitrogen and oxygen atoms in total. The van der Waals surface area contributed by atoms with Gasteiger partial charge in [-0.1, -0.05) is 12.1 Å². The number of hydrogen-bond acceptors (Lipinski definition) is 5. The van der Waals surface area contributed by atoms with Crippen LogP contribution in [0.4, 0.5) is 5.69 Å². The van der Waals surface area contributed by atoms with Gasteiger partial charge < -0.3 is 20.7 Å². The Kier molecular flexibility index (Phi) is 6.43. The highest BCUT2D eigenvalue weighted by Crippen LogP contribution is 2.14. The number of hydrogen-bond donors (Lipinski definition) is 3. The Labute approximate surface area is 173 Å². The number of anilines is 1. The van der Waals surface area contributed by atoms with E-state index in [0.29, 0.717) is 28.2 Å². The number of carbonyl (C=O) groups is 2. The molecule has 1 unspecified atom stereocenters. The molecular formula is C21H24N5O4+. The number of quaternary nitrogens is 1.